The fourth-order valence-corrected chi connectivity index (χ4v) is 2.48. The number of halogens is 1. The van der Waals surface area contributed by atoms with Crippen molar-refractivity contribution in [1.82, 2.24) is 5.43 Å². The van der Waals surface area contributed by atoms with Crippen molar-refractivity contribution < 1.29 is 13.9 Å². The second-order valence-corrected chi connectivity index (χ2v) is 4.91. The van der Waals surface area contributed by atoms with Gasteiger partial charge < -0.3 is 9.47 Å². The smallest absolute Gasteiger partial charge is 0.165 e. The van der Waals surface area contributed by atoms with E-state index < -0.39 is 0 Å². The summed E-state index contributed by atoms with van der Waals surface area (Å²) in [6.45, 7) is 0.832. The lowest BCUT2D eigenvalue weighted by Gasteiger charge is -2.19. The van der Waals surface area contributed by atoms with Crippen molar-refractivity contribution in [3.63, 3.8) is 0 Å². The predicted molar refractivity (Wildman–Crippen MR) is 71.4 cm³/mol. The first kappa shape index (κ1) is 14.2. The summed E-state index contributed by atoms with van der Waals surface area (Å²) in [6, 6.07) is 5.10. The van der Waals surface area contributed by atoms with Crippen LogP contribution in [0.25, 0.3) is 0 Å². The van der Waals surface area contributed by atoms with E-state index in [0.717, 1.165) is 31.4 Å². The van der Waals surface area contributed by atoms with E-state index >= 15 is 0 Å². The molecular weight excluding hydrogens is 247 g/mol. The molecule has 4 nitrogen and oxygen atoms in total. The molecule has 0 aliphatic carbocycles. The van der Waals surface area contributed by atoms with Crippen LogP contribution in [0.2, 0.25) is 0 Å². The average molecular weight is 268 g/mol. The number of ether oxygens (including phenoxy) is 2. The number of methoxy groups -OCH3 is 1. The third kappa shape index (κ3) is 3.89. The molecule has 0 saturated carbocycles. The van der Waals surface area contributed by atoms with E-state index in [4.69, 9.17) is 15.3 Å². The maximum absolute atomic E-state index is 13.6. The Kier molecular flexibility index (Phi) is 5.13. The van der Waals surface area contributed by atoms with Gasteiger partial charge in [-0.2, -0.15) is 0 Å². The lowest BCUT2D eigenvalue weighted by molar-refractivity contribution is 0.0946. The summed E-state index contributed by atoms with van der Waals surface area (Å²) < 4.78 is 24.1. The van der Waals surface area contributed by atoms with Crippen LogP contribution in [0.15, 0.2) is 18.2 Å². The molecule has 5 heteroatoms. The summed E-state index contributed by atoms with van der Waals surface area (Å²) >= 11 is 0. The van der Waals surface area contributed by atoms with Gasteiger partial charge in [-0.3, -0.25) is 11.3 Å². The van der Waals surface area contributed by atoms with Crippen LogP contribution < -0.4 is 16.0 Å². The minimum absolute atomic E-state index is 0.0934. The van der Waals surface area contributed by atoms with Gasteiger partial charge in [-0.05, 0) is 43.4 Å². The van der Waals surface area contributed by atoms with E-state index in [1.54, 1.807) is 6.07 Å². The van der Waals surface area contributed by atoms with Gasteiger partial charge in [0.1, 0.15) is 0 Å². The van der Waals surface area contributed by atoms with Crippen LogP contribution in [-0.2, 0) is 11.2 Å². The number of nitrogens with one attached hydrogen (secondary N) is 1. The molecule has 2 rings (SSSR count). The molecule has 0 spiro atoms. The van der Waals surface area contributed by atoms with Gasteiger partial charge in [0.25, 0.3) is 0 Å². The summed E-state index contributed by atoms with van der Waals surface area (Å²) in [5.74, 6) is 5.49. The van der Waals surface area contributed by atoms with Gasteiger partial charge in [0, 0.05) is 12.6 Å². The first-order valence-electron chi connectivity index (χ1n) is 6.63. The molecule has 1 saturated heterocycles. The van der Waals surface area contributed by atoms with Crippen molar-refractivity contribution in [2.45, 2.75) is 37.8 Å². The highest BCUT2D eigenvalue weighted by Crippen LogP contribution is 2.21. The molecule has 1 aromatic carbocycles. The van der Waals surface area contributed by atoms with Crippen LogP contribution in [0.3, 0.4) is 0 Å². The Morgan fingerprint density at radius 3 is 3.00 bits per heavy atom. The lowest BCUT2D eigenvalue weighted by Crippen LogP contribution is -2.39. The molecular formula is C14H21FN2O2. The van der Waals surface area contributed by atoms with E-state index in [1.165, 1.54) is 13.2 Å². The molecule has 3 N–H and O–H groups in total. The second-order valence-electron chi connectivity index (χ2n) is 4.91. The Hall–Kier alpha value is -1.17. The number of nitrogens with two attached hydrogens (primary N) is 1. The van der Waals surface area contributed by atoms with Crippen molar-refractivity contribution in [3.05, 3.63) is 29.6 Å². The summed E-state index contributed by atoms with van der Waals surface area (Å²) in [4.78, 5) is 0. The van der Waals surface area contributed by atoms with Crippen molar-refractivity contribution in [2.24, 2.45) is 5.84 Å². The van der Waals surface area contributed by atoms with Crippen LogP contribution in [0.4, 0.5) is 4.39 Å². The van der Waals surface area contributed by atoms with E-state index in [1.807, 2.05) is 6.07 Å². The molecule has 2 atom stereocenters. The molecule has 0 radical (unpaired) electrons. The zero-order chi connectivity index (χ0) is 13.7. The SMILES string of the molecule is COc1ccc(CC(CC2CCCO2)NN)cc1F. The number of rotatable bonds is 6. The highest BCUT2D eigenvalue weighted by molar-refractivity contribution is 5.29. The monoisotopic (exact) mass is 268 g/mol. The third-order valence-corrected chi connectivity index (χ3v) is 3.51. The van der Waals surface area contributed by atoms with Crippen LogP contribution in [0.1, 0.15) is 24.8 Å². The summed E-state index contributed by atoms with van der Waals surface area (Å²) in [5.41, 5.74) is 3.69. The van der Waals surface area contributed by atoms with E-state index in [9.17, 15) is 4.39 Å². The first-order valence-corrected chi connectivity index (χ1v) is 6.63. The zero-order valence-corrected chi connectivity index (χ0v) is 11.2. The van der Waals surface area contributed by atoms with Gasteiger partial charge in [0.05, 0.1) is 13.2 Å². The minimum atomic E-state index is -0.340. The van der Waals surface area contributed by atoms with Crippen molar-refractivity contribution in [3.8, 4) is 5.75 Å². The molecule has 1 aromatic rings. The van der Waals surface area contributed by atoms with Gasteiger partial charge in [-0.25, -0.2) is 4.39 Å². The van der Waals surface area contributed by atoms with E-state index in [0.29, 0.717) is 6.42 Å². The van der Waals surface area contributed by atoms with Crippen LogP contribution in [0.5, 0.6) is 5.75 Å². The molecule has 1 heterocycles. The van der Waals surface area contributed by atoms with Crippen LogP contribution >= 0.6 is 0 Å². The standard InChI is InChI=1S/C14H21FN2O2/c1-18-14-5-4-10(8-13(14)15)7-11(17-16)9-12-3-2-6-19-12/h4-5,8,11-12,17H,2-3,6-7,9,16H2,1H3. The average Bonchev–Trinajstić information content (AvgIpc) is 2.91. The predicted octanol–water partition coefficient (Wildman–Crippen LogP) is 1.78. The fraction of sp³-hybridized carbons (Fsp3) is 0.571. The highest BCUT2D eigenvalue weighted by atomic mass is 19.1. The van der Waals surface area contributed by atoms with Gasteiger partial charge in [0.2, 0.25) is 0 Å². The Morgan fingerprint density at radius 1 is 1.58 bits per heavy atom. The number of benzene rings is 1. The first-order chi connectivity index (χ1) is 9.22. The fourth-order valence-electron chi connectivity index (χ4n) is 2.48. The number of hydrazine groups is 1. The highest BCUT2D eigenvalue weighted by Gasteiger charge is 2.20. The topological polar surface area (TPSA) is 56.5 Å². The van der Waals surface area contributed by atoms with E-state index in [2.05, 4.69) is 5.43 Å². The molecule has 1 aliphatic rings. The number of hydrogen-bond donors (Lipinski definition) is 2. The summed E-state index contributed by atoms with van der Waals surface area (Å²) in [7, 11) is 1.46. The van der Waals surface area contributed by atoms with Crippen LogP contribution in [0, 0.1) is 5.82 Å². The molecule has 1 fully saturated rings. The van der Waals surface area contributed by atoms with Gasteiger partial charge in [0.15, 0.2) is 11.6 Å². The maximum Gasteiger partial charge on any atom is 0.165 e. The Labute approximate surface area is 113 Å². The lowest BCUT2D eigenvalue weighted by atomic mass is 9.99. The normalized spacial score (nSPS) is 20.5. The Bertz CT molecular complexity index is 408. The third-order valence-electron chi connectivity index (χ3n) is 3.51. The summed E-state index contributed by atoms with van der Waals surface area (Å²) in [5, 5.41) is 0. The Balaban J connectivity index is 1.95. The molecule has 0 bridgehead atoms. The van der Waals surface area contributed by atoms with Gasteiger partial charge in [-0.15, -0.1) is 0 Å². The molecule has 2 unspecified atom stereocenters. The second kappa shape index (κ2) is 6.84. The van der Waals surface area contributed by atoms with Crippen LogP contribution in [-0.4, -0.2) is 25.9 Å². The largest absolute Gasteiger partial charge is 0.494 e. The zero-order valence-electron chi connectivity index (χ0n) is 11.2. The molecule has 19 heavy (non-hydrogen) atoms. The molecule has 1 aliphatic heterocycles. The van der Waals surface area contributed by atoms with Crippen molar-refractivity contribution in [1.29, 1.82) is 0 Å². The van der Waals surface area contributed by atoms with E-state index in [-0.39, 0.29) is 23.7 Å². The maximum atomic E-state index is 13.6. The molecule has 0 amide bonds. The van der Waals surface area contributed by atoms with Gasteiger partial charge >= 0.3 is 0 Å². The quantitative estimate of drug-likeness (QED) is 0.610. The van der Waals surface area contributed by atoms with Crippen molar-refractivity contribution >= 4 is 0 Å². The summed E-state index contributed by atoms with van der Waals surface area (Å²) in [6.07, 6.45) is 3.99. The van der Waals surface area contributed by atoms with Crippen molar-refractivity contribution in [2.75, 3.05) is 13.7 Å². The van der Waals surface area contributed by atoms with Gasteiger partial charge in [-0.1, -0.05) is 6.07 Å². The molecule has 0 aromatic heterocycles. The Morgan fingerprint density at radius 2 is 2.42 bits per heavy atom. The minimum Gasteiger partial charge on any atom is -0.494 e. The number of hydrogen-bond acceptors (Lipinski definition) is 4. The molecule has 106 valence electrons.